The third kappa shape index (κ3) is 3.21. The Bertz CT molecular complexity index is 439. The quantitative estimate of drug-likeness (QED) is 0.855. The van der Waals surface area contributed by atoms with Gasteiger partial charge in [0.15, 0.2) is 0 Å². The zero-order valence-corrected chi connectivity index (χ0v) is 10.6. The number of aromatic hydroxyl groups is 1. The van der Waals surface area contributed by atoms with Crippen molar-refractivity contribution >= 4 is 0 Å². The van der Waals surface area contributed by atoms with Crippen molar-refractivity contribution in [1.29, 1.82) is 0 Å². The molecule has 106 valence electrons. The molecule has 5 heteroatoms. The van der Waals surface area contributed by atoms with E-state index in [-0.39, 0.29) is 17.2 Å². The number of halogens is 3. The maximum Gasteiger partial charge on any atom is 0.407 e. The molecular weight excluding hydrogens is 255 g/mol. The highest BCUT2D eigenvalue weighted by Gasteiger charge is 2.39. The average Bonchev–Trinajstić information content (AvgIpc) is 2.38. The molecule has 1 aromatic rings. The Morgan fingerprint density at radius 3 is 2.37 bits per heavy atom. The van der Waals surface area contributed by atoms with E-state index in [0.29, 0.717) is 0 Å². The SMILES string of the molecule is N[C@H](c1cc(C2CCCCC2)ccc1O)C(F)(F)F. The molecule has 0 spiro atoms. The lowest BCUT2D eigenvalue weighted by Gasteiger charge is -2.24. The van der Waals surface area contributed by atoms with Crippen LogP contribution < -0.4 is 5.73 Å². The van der Waals surface area contributed by atoms with E-state index in [1.54, 1.807) is 6.07 Å². The molecule has 1 aliphatic carbocycles. The molecule has 1 aliphatic rings. The van der Waals surface area contributed by atoms with Crippen LogP contribution in [0, 0.1) is 0 Å². The molecule has 2 rings (SSSR count). The lowest BCUT2D eigenvalue weighted by Crippen LogP contribution is -2.28. The predicted octanol–water partition coefficient (Wildman–Crippen LogP) is 4.00. The Kier molecular flexibility index (Phi) is 4.04. The van der Waals surface area contributed by atoms with Crippen LogP contribution in [0.2, 0.25) is 0 Å². The first-order valence-corrected chi connectivity index (χ1v) is 6.54. The van der Waals surface area contributed by atoms with Crippen molar-refractivity contribution in [2.75, 3.05) is 0 Å². The second-order valence-corrected chi connectivity index (χ2v) is 5.17. The van der Waals surface area contributed by atoms with Gasteiger partial charge in [0.25, 0.3) is 0 Å². The number of hydrogen-bond donors (Lipinski definition) is 2. The zero-order valence-electron chi connectivity index (χ0n) is 10.6. The second kappa shape index (κ2) is 5.41. The summed E-state index contributed by atoms with van der Waals surface area (Å²) >= 11 is 0. The van der Waals surface area contributed by atoms with Gasteiger partial charge in [0.2, 0.25) is 0 Å². The highest BCUT2D eigenvalue weighted by atomic mass is 19.4. The summed E-state index contributed by atoms with van der Waals surface area (Å²) in [6.07, 6.45) is 0.835. The van der Waals surface area contributed by atoms with Crippen molar-refractivity contribution in [2.24, 2.45) is 5.73 Å². The van der Waals surface area contributed by atoms with E-state index in [1.165, 1.54) is 18.6 Å². The van der Waals surface area contributed by atoms with Crippen LogP contribution in [-0.2, 0) is 0 Å². The van der Waals surface area contributed by atoms with Crippen molar-refractivity contribution in [1.82, 2.24) is 0 Å². The van der Waals surface area contributed by atoms with Gasteiger partial charge in [0.05, 0.1) is 0 Å². The first-order valence-electron chi connectivity index (χ1n) is 6.54. The Morgan fingerprint density at radius 1 is 1.16 bits per heavy atom. The van der Waals surface area contributed by atoms with Crippen LogP contribution in [0.4, 0.5) is 13.2 Å². The van der Waals surface area contributed by atoms with E-state index in [4.69, 9.17) is 5.73 Å². The summed E-state index contributed by atoms with van der Waals surface area (Å²) in [4.78, 5) is 0. The molecule has 1 atom stereocenters. The molecule has 1 aromatic carbocycles. The molecule has 0 bridgehead atoms. The van der Waals surface area contributed by atoms with Crippen molar-refractivity contribution < 1.29 is 18.3 Å². The fourth-order valence-corrected chi connectivity index (χ4v) is 2.69. The number of nitrogens with two attached hydrogens (primary N) is 1. The maximum atomic E-state index is 12.7. The van der Waals surface area contributed by atoms with Crippen LogP contribution in [0.1, 0.15) is 55.2 Å². The van der Waals surface area contributed by atoms with Crippen LogP contribution in [0.15, 0.2) is 18.2 Å². The van der Waals surface area contributed by atoms with Crippen LogP contribution in [0.3, 0.4) is 0 Å². The molecule has 0 unspecified atom stereocenters. The normalized spacial score (nSPS) is 19.4. The summed E-state index contributed by atoms with van der Waals surface area (Å²) < 4.78 is 38.0. The van der Waals surface area contributed by atoms with Gasteiger partial charge < -0.3 is 10.8 Å². The Morgan fingerprint density at radius 2 is 1.79 bits per heavy atom. The van der Waals surface area contributed by atoms with Crippen molar-refractivity contribution in [3.63, 3.8) is 0 Å². The van der Waals surface area contributed by atoms with E-state index >= 15 is 0 Å². The largest absolute Gasteiger partial charge is 0.508 e. The topological polar surface area (TPSA) is 46.2 Å². The summed E-state index contributed by atoms with van der Waals surface area (Å²) in [5.41, 5.74) is 5.81. The maximum absolute atomic E-state index is 12.7. The number of hydrogen-bond acceptors (Lipinski definition) is 2. The minimum Gasteiger partial charge on any atom is -0.508 e. The first-order chi connectivity index (χ1) is 8.89. The highest BCUT2D eigenvalue weighted by molar-refractivity contribution is 5.40. The Hall–Kier alpha value is -1.23. The smallest absolute Gasteiger partial charge is 0.407 e. The summed E-state index contributed by atoms with van der Waals surface area (Å²) in [5.74, 6) is -0.0991. The van der Waals surface area contributed by atoms with Gasteiger partial charge in [0, 0.05) is 5.56 Å². The summed E-state index contributed by atoms with van der Waals surface area (Å²) in [5, 5.41) is 9.59. The lowest BCUT2D eigenvalue weighted by atomic mass is 9.83. The van der Waals surface area contributed by atoms with Crippen LogP contribution in [0.5, 0.6) is 5.75 Å². The van der Waals surface area contributed by atoms with E-state index < -0.39 is 12.2 Å². The molecule has 0 amide bonds. The lowest BCUT2D eigenvalue weighted by molar-refractivity contribution is -0.149. The number of phenols is 1. The van der Waals surface area contributed by atoms with Crippen LogP contribution in [0.25, 0.3) is 0 Å². The molecule has 3 N–H and O–H groups in total. The molecule has 1 fully saturated rings. The molecular formula is C14H18F3NO. The number of benzene rings is 1. The van der Waals surface area contributed by atoms with Gasteiger partial charge >= 0.3 is 6.18 Å². The fourth-order valence-electron chi connectivity index (χ4n) is 2.69. The monoisotopic (exact) mass is 273 g/mol. The van der Waals surface area contributed by atoms with Crippen LogP contribution >= 0.6 is 0 Å². The Balaban J connectivity index is 2.28. The standard InChI is InChI=1S/C14H18F3NO/c15-14(16,17)13(18)11-8-10(6-7-12(11)19)9-4-2-1-3-5-9/h6-9,13,19H,1-5,18H2/t13-/m1/s1. The van der Waals surface area contributed by atoms with Gasteiger partial charge in [-0.1, -0.05) is 25.3 Å². The molecule has 0 saturated heterocycles. The summed E-state index contributed by atoms with van der Waals surface area (Å²) in [7, 11) is 0. The van der Waals surface area contributed by atoms with Gasteiger partial charge in [-0.15, -0.1) is 0 Å². The number of phenolic OH excluding ortho intramolecular Hbond substituents is 1. The zero-order chi connectivity index (χ0) is 14.0. The van der Waals surface area contributed by atoms with E-state index in [1.807, 2.05) is 0 Å². The van der Waals surface area contributed by atoms with Crippen molar-refractivity contribution in [2.45, 2.75) is 50.2 Å². The average molecular weight is 273 g/mol. The molecule has 2 nitrogen and oxygen atoms in total. The van der Waals surface area contributed by atoms with E-state index in [0.717, 1.165) is 31.2 Å². The van der Waals surface area contributed by atoms with E-state index in [2.05, 4.69) is 0 Å². The predicted molar refractivity (Wildman–Crippen MR) is 66.9 cm³/mol. The third-order valence-corrected chi connectivity index (χ3v) is 3.82. The molecule has 0 radical (unpaired) electrons. The van der Waals surface area contributed by atoms with Gasteiger partial charge in [-0.05, 0) is 36.5 Å². The van der Waals surface area contributed by atoms with Crippen molar-refractivity contribution in [3.05, 3.63) is 29.3 Å². The minimum absolute atomic E-state index is 0.226. The first kappa shape index (κ1) is 14.2. The highest BCUT2D eigenvalue weighted by Crippen LogP contribution is 2.39. The molecule has 1 saturated carbocycles. The Labute approximate surface area is 110 Å². The fraction of sp³-hybridized carbons (Fsp3) is 0.571. The van der Waals surface area contributed by atoms with Crippen LogP contribution in [-0.4, -0.2) is 11.3 Å². The molecule has 19 heavy (non-hydrogen) atoms. The van der Waals surface area contributed by atoms with E-state index in [9.17, 15) is 18.3 Å². The van der Waals surface area contributed by atoms with Gasteiger partial charge in [-0.25, -0.2) is 0 Å². The summed E-state index contributed by atoms with van der Waals surface area (Å²) in [6, 6.07) is 2.32. The second-order valence-electron chi connectivity index (χ2n) is 5.17. The van der Waals surface area contributed by atoms with Gasteiger partial charge in [-0.2, -0.15) is 13.2 Å². The molecule has 0 heterocycles. The van der Waals surface area contributed by atoms with Gasteiger partial charge in [-0.3, -0.25) is 0 Å². The van der Waals surface area contributed by atoms with Gasteiger partial charge in [0.1, 0.15) is 11.8 Å². The summed E-state index contributed by atoms with van der Waals surface area (Å²) in [6.45, 7) is 0. The third-order valence-electron chi connectivity index (χ3n) is 3.82. The van der Waals surface area contributed by atoms with Crippen molar-refractivity contribution in [3.8, 4) is 5.75 Å². The minimum atomic E-state index is -4.54. The number of alkyl halides is 3. The molecule has 0 aromatic heterocycles. The number of rotatable bonds is 2. The molecule has 0 aliphatic heterocycles.